The quantitative estimate of drug-likeness (QED) is 0.377. The van der Waals surface area contributed by atoms with Crippen LogP contribution >= 0.6 is 11.8 Å². The number of carbonyl (C=O) groups is 3. The van der Waals surface area contributed by atoms with E-state index in [1.807, 2.05) is 0 Å². The van der Waals surface area contributed by atoms with Crippen LogP contribution in [0.4, 0.5) is 13.6 Å². The van der Waals surface area contributed by atoms with Gasteiger partial charge < -0.3 is 0 Å². The number of nitrogens with one attached hydrogen (secondary N) is 1. The third-order valence-electron chi connectivity index (χ3n) is 4.12. The molecular weight excluding hydrogens is 479 g/mol. The number of methoxy groups -OCH3 is 1. The summed E-state index contributed by atoms with van der Waals surface area (Å²) in [7, 11) is 1.24. The number of halogens is 2. The fourth-order valence-electron chi connectivity index (χ4n) is 2.61. The van der Waals surface area contributed by atoms with Crippen LogP contribution in [0.15, 0.2) is 41.3 Å². The Morgan fingerprint density at radius 1 is 1.17 bits per heavy atom. The second kappa shape index (κ2) is 9.45. The SMILES string of the molecule is COC(=O)C([AsH2])Cc1ccc(Oc2ccc(C=C3SC(=O)NC3=O)cc2)c(F)c1F. The zero-order valence-corrected chi connectivity index (χ0v) is 18.8. The van der Waals surface area contributed by atoms with Crippen molar-refractivity contribution in [3.05, 3.63) is 64.1 Å². The van der Waals surface area contributed by atoms with Crippen molar-refractivity contribution in [2.45, 2.75) is 11.1 Å². The summed E-state index contributed by atoms with van der Waals surface area (Å²) >= 11 is 1.86. The maximum absolute atomic E-state index is 14.4. The van der Waals surface area contributed by atoms with Crippen molar-refractivity contribution in [3.63, 3.8) is 0 Å². The number of carbonyl (C=O) groups excluding carboxylic acids is 3. The van der Waals surface area contributed by atoms with Crippen molar-refractivity contribution in [2.75, 3.05) is 7.11 Å². The zero-order valence-electron chi connectivity index (χ0n) is 15.6. The van der Waals surface area contributed by atoms with E-state index in [1.54, 1.807) is 12.1 Å². The summed E-state index contributed by atoms with van der Waals surface area (Å²) < 4.78 is 38.3. The molecule has 1 saturated heterocycles. The molecule has 2 aromatic rings. The first-order chi connectivity index (χ1) is 14.3. The number of ether oxygens (including phenoxy) is 2. The number of benzene rings is 2. The van der Waals surface area contributed by atoms with Gasteiger partial charge >= 0.3 is 141 Å². The van der Waals surface area contributed by atoms with Crippen LogP contribution in [0, 0.1) is 11.6 Å². The zero-order chi connectivity index (χ0) is 21.8. The van der Waals surface area contributed by atoms with Crippen molar-refractivity contribution in [1.82, 2.24) is 5.32 Å². The summed E-state index contributed by atoms with van der Waals surface area (Å²) in [6.07, 6.45) is 1.56. The molecule has 6 nitrogen and oxygen atoms in total. The molecule has 0 aliphatic carbocycles. The van der Waals surface area contributed by atoms with E-state index in [0.717, 1.165) is 28.6 Å². The van der Waals surface area contributed by atoms with Crippen LogP contribution < -0.4 is 10.1 Å². The number of rotatable bonds is 6. The molecule has 10 heteroatoms. The Bertz CT molecular complexity index is 1040. The van der Waals surface area contributed by atoms with E-state index in [1.165, 1.54) is 37.5 Å². The number of hydrogen-bond acceptors (Lipinski definition) is 6. The molecule has 0 saturated carbocycles. The minimum atomic E-state index is -1.15. The molecule has 2 amide bonds. The molecule has 1 aliphatic rings. The molecule has 1 fully saturated rings. The first-order valence-corrected chi connectivity index (χ1v) is 10.8. The van der Waals surface area contributed by atoms with Crippen molar-refractivity contribution in [2.24, 2.45) is 0 Å². The normalized spacial score (nSPS) is 15.8. The average molecular weight is 495 g/mol. The van der Waals surface area contributed by atoms with E-state index in [-0.39, 0.29) is 28.4 Å². The molecule has 2 aromatic carbocycles. The third-order valence-corrected chi connectivity index (χ3v) is 5.99. The Morgan fingerprint density at radius 3 is 2.47 bits per heavy atom. The molecule has 0 aromatic heterocycles. The molecule has 1 heterocycles. The molecule has 156 valence electrons. The van der Waals surface area contributed by atoms with E-state index in [4.69, 9.17) is 4.74 Å². The number of hydrogen-bond donors (Lipinski definition) is 1. The van der Waals surface area contributed by atoms with E-state index in [0.29, 0.717) is 5.56 Å². The summed E-state index contributed by atoms with van der Waals surface area (Å²) in [5.74, 6) is -3.21. The fraction of sp³-hybridized carbons (Fsp3) is 0.150. The molecule has 1 N–H and O–H groups in total. The predicted octanol–water partition coefficient (Wildman–Crippen LogP) is 3.22. The number of imide groups is 1. The van der Waals surface area contributed by atoms with Gasteiger partial charge in [-0.15, -0.1) is 0 Å². The van der Waals surface area contributed by atoms with Gasteiger partial charge in [-0.2, -0.15) is 0 Å². The fourth-order valence-corrected chi connectivity index (χ4v) is 4.11. The van der Waals surface area contributed by atoms with Gasteiger partial charge in [0, 0.05) is 0 Å². The van der Waals surface area contributed by atoms with Gasteiger partial charge in [0.1, 0.15) is 0 Å². The molecule has 2 atom stereocenters. The van der Waals surface area contributed by atoms with Gasteiger partial charge in [0.2, 0.25) is 0 Å². The monoisotopic (exact) mass is 495 g/mol. The summed E-state index contributed by atoms with van der Waals surface area (Å²) in [4.78, 5) is 34.5. The van der Waals surface area contributed by atoms with Crippen LogP contribution in [-0.4, -0.2) is 41.1 Å². The second-order valence-corrected chi connectivity index (χ2v) is 8.91. The standard InChI is InChI=1S/C20H16AsF2NO5S/c1-28-19(26)13(21)9-11-4-7-14(17(23)16(11)22)29-12-5-2-10(3-6-12)8-15-18(25)24-20(27)30-15/h2-8,13H,9,21H2,1H3,(H,24,25,27). The molecule has 2 unspecified atom stereocenters. The molecule has 0 bridgehead atoms. The first kappa shape index (κ1) is 22.1. The molecule has 1 aliphatic heterocycles. The molecular formula is C20H16AsF2NO5S. The Labute approximate surface area is 183 Å². The number of thioether (sulfide) groups is 1. The van der Waals surface area contributed by atoms with Crippen LogP contribution in [0.3, 0.4) is 0 Å². The summed E-state index contributed by atoms with van der Waals surface area (Å²) in [6, 6.07) is 8.95. The Morgan fingerprint density at radius 2 is 1.87 bits per heavy atom. The van der Waals surface area contributed by atoms with Crippen molar-refractivity contribution < 1.29 is 32.6 Å². The first-order valence-electron chi connectivity index (χ1n) is 8.61. The topological polar surface area (TPSA) is 81.7 Å². The van der Waals surface area contributed by atoms with Gasteiger partial charge in [-0.25, -0.2) is 0 Å². The van der Waals surface area contributed by atoms with Gasteiger partial charge in [0.15, 0.2) is 0 Å². The van der Waals surface area contributed by atoms with Gasteiger partial charge in [-0.1, -0.05) is 0 Å². The summed E-state index contributed by atoms with van der Waals surface area (Å²) in [6.45, 7) is 0. The van der Waals surface area contributed by atoms with Crippen LogP contribution in [-0.2, 0) is 20.7 Å². The Kier molecular flexibility index (Phi) is 6.94. The number of amides is 2. The van der Waals surface area contributed by atoms with E-state index in [2.05, 4.69) is 10.1 Å². The van der Waals surface area contributed by atoms with Crippen molar-refractivity contribution in [3.8, 4) is 11.5 Å². The van der Waals surface area contributed by atoms with E-state index in [9.17, 15) is 23.2 Å². The van der Waals surface area contributed by atoms with Gasteiger partial charge in [0.05, 0.1) is 4.91 Å². The maximum atomic E-state index is 14.4. The van der Waals surface area contributed by atoms with E-state index < -0.39 is 33.5 Å². The van der Waals surface area contributed by atoms with Crippen molar-refractivity contribution >= 4 is 51.8 Å². The predicted molar refractivity (Wildman–Crippen MR) is 110 cm³/mol. The van der Waals surface area contributed by atoms with E-state index >= 15 is 0 Å². The van der Waals surface area contributed by atoms with Crippen LogP contribution in [0.25, 0.3) is 6.08 Å². The Balaban J connectivity index is 1.73. The minimum absolute atomic E-state index is 0.0210. The van der Waals surface area contributed by atoms with Crippen LogP contribution in [0.1, 0.15) is 11.1 Å². The molecule has 30 heavy (non-hydrogen) atoms. The third kappa shape index (κ3) is 5.09. The van der Waals surface area contributed by atoms with Gasteiger partial charge in [-0.3, -0.25) is 14.9 Å². The van der Waals surface area contributed by atoms with Crippen molar-refractivity contribution in [1.29, 1.82) is 0 Å². The Hall–Kier alpha value is -2.64. The van der Waals surface area contributed by atoms with Gasteiger partial charge in [0.25, 0.3) is 11.1 Å². The van der Waals surface area contributed by atoms with Crippen LogP contribution in [0.5, 0.6) is 11.5 Å². The summed E-state index contributed by atoms with van der Waals surface area (Å²) in [5, 5.41) is 1.72. The molecule has 0 radical (unpaired) electrons. The average Bonchev–Trinajstić information content (AvgIpc) is 3.04. The second-order valence-electron chi connectivity index (χ2n) is 6.21. The summed E-state index contributed by atoms with van der Waals surface area (Å²) in [5.41, 5.74) is 0.693. The molecule has 0 spiro atoms. The number of esters is 1. The van der Waals surface area contributed by atoms with Crippen LogP contribution in [0.2, 0.25) is 4.71 Å². The van der Waals surface area contributed by atoms with Gasteiger partial charge in [-0.05, 0) is 11.8 Å². The molecule has 3 rings (SSSR count).